The van der Waals surface area contributed by atoms with Gasteiger partial charge in [-0.2, -0.15) is 0 Å². The van der Waals surface area contributed by atoms with Gasteiger partial charge in [0.2, 0.25) is 5.95 Å². The van der Waals surface area contributed by atoms with Gasteiger partial charge in [0.05, 0.1) is 0 Å². The Bertz CT molecular complexity index is 978. The van der Waals surface area contributed by atoms with E-state index >= 15 is 0 Å². The van der Waals surface area contributed by atoms with Gasteiger partial charge in [0.1, 0.15) is 11.5 Å². The molecule has 0 radical (unpaired) electrons. The predicted octanol–water partition coefficient (Wildman–Crippen LogP) is 2.79. The van der Waals surface area contributed by atoms with Crippen LogP contribution in [0.25, 0.3) is 0 Å². The number of piperazine rings is 1. The first-order chi connectivity index (χ1) is 13.6. The maximum atomic E-state index is 12.9. The Kier molecular flexibility index (Phi) is 4.92. The highest BCUT2D eigenvalue weighted by Gasteiger charge is 2.23. The summed E-state index contributed by atoms with van der Waals surface area (Å²) in [6, 6.07) is 11.8. The molecule has 0 atom stereocenters. The van der Waals surface area contributed by atoms with Gasteiger partial charge in [-0.15, -0.1) is 0 Å². The average Bonchev–Trinajstić information content (AvgIpc) is 3.12. The van der Waals surface area contributed by atoms with E-state index in [2.05, 4.69) is 56.5 Å². The molecule has 0 spiro atoms. The molecule has 8 heteroatoms. The summed E-state index contributed by atoms with van der Waals surface area (Å²) in [4.78, 5) is 25.5. The predicted molar refractivity (Wildman–Crippen MR) is 106 cm³/mol. The third-order valence-corrected chi connectivity index (χ3v) is 4.68. The van der Waals surface area contributed by atoms with Crippen LogP contribution in [-0.2, 0) is 0 Å². The van der Waals surface area contributed by atoms with Gasteiger partial charge in [0, 0.05) is 44.1 Å². The van der Waals surface area contributed by atoms with Gasteiger partial charge in [-0.3, -0.25) is 4.79 Å². The molecule has 1 fully saturated rings. The van der Waals surface area contributed by atoms with Crippen molar-refractivity contribution in [1.29, 1.82) is 0 Å². The smallest absolute Gasteiger partial charge is 0.272 e. The summed E-state index contributed by atoms with van der Waals surface area (Å²) in [6.45, 7) is 6.79. The minimum Gasteiger partial charge on any atom is -0.368 e. The summed E-state index contributed by atoms with van der Waals surface area (Å²) in [5, 5.41) is 6.80. The van der Waals surface area contributed by atoms with Crippen molar-refractivity contribution in [1.82, 2.24) is 20.0 Å². The molecule has 0 saturated carbocycles. The molecular formula is C20H22N6O2. The lowest BCUT2D eigenvalue weighted by molar-refractivity contribution is 0.0741. The fourth-order valence-corrected chi connectivity index (χ4v) is 3.23. The van der Waals surface area contributed by atoms with E-state index in [1.54, 1.807) is 25.3 Å². The second kappa shape index (κ2) is 7.67. The van der Waals surface area contributed by atoms with Gasteiger partial charge in [0.15, 0.2) is 5.82 Å². The van der Waals surface area contributed by atoms with Crippen LogP contribution in [0.2, 0.25) is 0 Å². The molecule has 1 aromatic carbocycles. The number of nitrogens with zero attached hydrogens (tertiary/aromatic N) is 5. The molecule has 8 nitrogen and oxygen atoms in total. The molecule has 3 heterocycles. The summed E-state index contributed by atoms with van der Waals surface area (Å²) < 4.78 is 5.02. The third kappa shape index (κ3) is 3.95. The average molecular weight is 378 g/mol. The molecule has 0 unspecified atom stereocenters. The molecule has 144 valence electrons. The Morgan fingerprint density at radius 2 is 1.93 bits per heavy atom. The number of nitrogens with one attached hydrogen (secondary N) is 1. The van der Waals surface area contributed by atoms with E-state index in [0.29, 0.717) is 36.3 Å². The summed E-state index contributed by atoms with van der Waals surface area (Å²) in [5.74, 6) is 1.42. The number of carbonyl (C=O) groups is 1. The van der Waals surface area contributed by atoms with Crippen molar-refractivity contribution in [3.63, 3.8) is 0 Å². The van der Waals surface area contributed by atoms with Crippen LogP contribution in [0.3, 0.4) is 0 Å². The Morgan fingerprint density at radius 3 is 2.64 bits per heavy atom. The van der Waals surface area contributed by atoms with Crippen molar-refractivity contribution in [3.05, 3.63) is 59.6 Å². The Balaban J connectivity index is 1.40. The molecule has 0 aliphatic carbocycles. The Hall–Kier alpha value is -3.42. The summed E-state index contributed by atoms with van der Waals surface area (Å²) in [7, 11) is 0. The number of aryl methyl sites for hydroxylation is 2. The number of rotatable bonds is 4. The lowest BCUT2D eigenvalue weighted by atomic mass is 10.2. The summed E-state index contributed by atoms with van der Waals surface area (Å²) >= 11 is 0. The van der Waals surface area contributed by atoms with E-state index in [-0.39, 0.29) is 5.91 Å². The first kappa shape index (κ1) is 18.0. The number of benzene rings is 1. The summed E-state index contributed by atoms with van der Waals surface area (Å²) in [5.41, 5.74) is 2.80. The Labute approximate surface area is 163 Å². The minimum atomic E-state index is -0.0920. The molecule has 1 N–H and O–H groups in total. The Morgan fingerprint density at radius 1 is 1.11 bits per heavy atom. The fraction of sp³-hybridized carbons (Fsp3) is 0.300. The SMILES string of the molecule is Cc1cccc(N2CCN(C(=O)c3ccnc(Nc4cc(C)on4)n3)CC2)c1. The highest BCUT2D eigenvalue weighted by Crippen LogP contribution is 2.19. The first-order valence-corrected chi connectivity index (χ1v) is 9.23. The van der Waals surface area contributed by atoms with Crippen molar-refractivity contribution in [2.75, 3.05) is 36.4 Å². The van der Waals surface area contributed by atoms with Crippen molar-refractivity contribution >= 4 is 23.4 Å². The molecule has 4 rings (SSSR count). The zero-order valence-electron chi connectivity index (χ0n) is 15.9. The zero-order valence-corrected chi connectivity index (χ0v) is 15.9. The molecule has 1 aliphatic heterocycles. The van der Waals surface area contributed by atoms with Crippen molar-refractivity contribution in [2.45, 2.75) is 13.8 Å². The maximum absolute atomic E-state index is 12.9. The van der Waals surface area contributed by atoms with E-state index in [0.717, 1.165) is 13.1 Å². The van der Waals surface area contributed by atoms with Crippen LogP contribution in [0.5, 0.6) is 0 Å². The van der Waals surface area contributed by atoms with Crippen molar-refractivity contribution in [3.8, 4) is 0 Å². The van der Waals surface area contributed by atoms with Crippen molar-refractivity contribution < 1.29 is 9.32 Å². The monoisotopic (exact) mass is 378 g/mol. The van der Waals surface area contributed by atoms with E-state index in [1.807, 2.05) is 4.90 Å². The van der Waals surface area contributed by atoms with E-state index in [9.17, 15) is 4.79 Å². The number of anilines is 3. The minimum absolute atomic E-state index is 0.0920. The van der Waals surface area contributed by atoms with Crippen LogP contribution in [-0.4, -0.2) is 52.1 Å². The molecule has 1 saturated heterocycles. The second-order valence-corrected chi connectivity index (χ2v) is 6.83. The van der Waals surface area contributed by atoms with E-state index < -0.39 is 0 Å². The van der Waals surface area contributed by atoms with Crippen LogP contribution >= 0.6 is 0 Å². The van der Waals surface area contributed by atoms with Crippen LogP contribution < -0.4 is 10.2 Å². The van der Waals surface area contributed by atoms with Crippen LogP contribution in [0, 0.1) is 13.8 Å². The normalized spacial score (nSPS) is 14.2. The highest BCUT2D eigenvalue weighted by molar-refractivity contribution is 5.92. The zero-order chi connectivity index (χ0) is 19.5. The quantitative estimate of drug-likeness (QED) is 0.747. The van der Waals surface area contributed by atoms with Gasteiger partial charge in [0.25, 0.3) is 5.91 Å². The van der Waals surface area contributed by atoms with Gasteiger partial charge in [-0.1, -0.05) is 17.3 Å². The summed E-state index contributed by atoms with van der Waals surface area (Å²) in [6.07, 6.45) is 1.57. The molecular weight excluding hydrogens is 356 g/mol. The first-order valence-electron chi connectivity index (χ1n) is 9.23. The number of carbonyl (C=O) groups excluding carboxylic acids is 1. The van der Waals surface area contributed by atoms with Crippen molar-refractivity contribution in [2.24, 2.45) is 0 Å². The lowest BCUT2D eigenvalue weighted by Crippen LogP contribution is -2.49. The number of aromatic nitrogens is 3. The van der Waals surface area contributed by atoms with Crippen LogP contribution in [0.4, 0.5) is 17.5 Å². The lowest BCUT2D eigenvalue weighted by Gasteiger charge is -2.36. The molecule has 28 heavy (non-hydrogen) atoms. The van der Waals surface area contributed by atoms with Crippen LogP contribution in [0.15, 0.2) is 47.1 Å². The maximum Gasteiger partial charge on any atom is 0.272 e. The van der Waals surface area contributed by atoms with Gasteiger partial charge in [-0.05, 0) is 37.6 Å². The van der Waals surface area contributed by atoms with Gasteiger partial charge in [-0.25, -0.2) is 9.97 Å². The second-order valence-electron chi connectivity index (χ2n) is 6.83. The fourth-order valence-electron chi connectivity index (χ4n) is 3.23. The van der Waals surface area contributed by atoms with E-state index in [1.165, 1.54) is 11.3 Å². The number of amides is 1. The molecule has 0 bridgehead atoms. The van der Waals surface area contributed by atoms with Gasteiger partial charge >= 0.3 is 0 Å². The standard InChI is InChI=1S/C20H22N6O2/c1-14-4-3-5-16(12-14)25-8-10-26(11-9-25)19(27)17-6-7-21-20(22-17)23-18-13-15(2)28-24-18/h3-7,12-13H,8-11H2,1-2H3,(H,21,22,23,24). The largest absolute Gasteiger partial charge is 0.368 e. The third-order valence-electron chi connectivity index (χ3n) is 4.68. The molecule has 2 aromatic heterocycles. The number of hydrogen-bond acceptors (Lipinski definition) is 7. The van der Waals surface area contributed by atoms with Gasteiger partial charge < -0.3 is 19.6 Å². The van der Waals surface area contributed by atoms with Crippen LogP contribution in [0.1, 0.15) is 21.8 Å². The van der Waals surface area contributed by atoms with E-state index in [4.69, 9.17) is 4.52 Å². The number of hydrogen-bond donors (Lipinski definition) is 1. The topological polar surface area (TPSA) is 87.4 Å². The molecule has 1 aliphatic rings. The highest BCUT2D eigenvalue weighted by atomic mass is 16.5. The molecule has 1 amide bonds. The molecule has 3 aromatic rings.